The minimum atomic E-state index is -1.27. The van der Waals surface area contributed by atoms with Crippen LogP contribution in [-0.2, 0) is 18.9 Å². The molecule has 8 rings (SSSR count). The molecule has 242 valence electrons. The van der Waals surface area contributed by atoms with Gasteiger partial charge in [-0.25, -0.2) is 0 Å². The largest absolute Gasteiger partial charge is 0.388 e. The van der Waals surface area contributed by atoms with Gasteiger partial charge in [0.1, 0.15) is 30.5 Å². The SMILES string of the molecule is C=C(C)C1OC23OC1CC(C)C2[C@@]1(C)CC[C@@]24C[C@@]25CC[C@H](O[C@@H]2OC[C@@H](O)[C@@H](O)[C@H]2O)C(C)(C)C5CCC4C1(C)C3O. The van der Waals surface area contributed by atoms with Crippen LogP contribution in [0.15, 0.2) is 12.2 Å². The molecule has 43 heavy (non-hydrogen) atoms. The highest BCUT2D eigenvalue weighted by Crippen LogP contribution is 2.90. The lowest BCUT2D eigenvalue weighted by atomic mass is 9.41. The Balaban J connectivity index is 1.10. The highest BCUT2D eigenvalue weighted by Gasteiger charge is 2.88. The predicted octanol–water partition coefficient (Wildman–Crippen LogP) is 3.93. The van der Waals surface area contributed by atoms with Gasteiger partial charge in [-0.1, -0.05) is 41.2 Å². The summed E-state index contributed by atoms with van der Waals surface area (Å²) in [5.41, 5.74) is 0.877. The lowest BCUT2D eigenvalue weighted by Gasteiger charge is -2.63. The second-order valence-corrected chi connectivity index (χ2v) is 17.5. The van der Waals surface area contributed by atoms with Gasteiger partial charge in [0.15, 0.2) is 12.1 Å². The van der Waals surface area contributed by atoms with E-state index in [2.05, 4.69) is 41.2 Å². The summed E-state index contributed by atoms with van der Waals surface area (Å²) in [6.07, 6.45) is 2.97. The van der Waals surface area contributed by atoms with Crippen molar-refractivity contribution in [2.24, 2.45) is 50.7 Å². The molecule has 3 heterocycles. The highest BCUT2D eigenvalue weighted by atomic mass is 16.8. The molecular weight excluding hydrogens is 548 g/mol. The van der Waals surface area contributed by atoms with Crippen LogP contribution in [0, 0.1) is 50.7 Å². The molecular formula is C35H54O8. The Hall–Kier alpha value is -0.580. The van der Waals surface area contributed by atoms with Crippen molar-refractivity contribution in [1.29, 1.82) is 0 Å². The van der Waals surface area contributed by atoms with Gasteiger partial charge < -0.3 is 39.4 Å². The van der Waals surface area contributed by atoms with Crippen LogP contribution in [0.25, 0.3) is 0 Å². The summed E-state index contributed by atoms with van der Waals surface area (Å²) >= 11 is 0. The third-order valence-corrected chi connectivity index (χ3v) is 15.7. The van der Waals surface area contributed by atoms with Crippen molar-refractivity contribution in [3.05, 3.63) is 12.2 Å². The van der Waals surface area contributed by atoms with Crippen molar-refractivity contribution < 1.29 is 39.4 Å². The second kappa shape index (κ2) is 8.85. The summed E-state index contributed by atoms with van der Waals surface area (Å²) in [5, 5.41) is 43.4. The van der Waals surface area contributed by atoms with Gasteiger partial charge in [-0.15, -0.1) is 0 Å². The maximum atomic E-state index is 12.6. The number of fused-ring (bicyclic) bond motifs is 4. The smallest absolute Gasteiger partial charge is 0.199 e. The Morgan fingerprint density at radius 2 is 1.58 bits per heavy atom. The maximum absolute atomic E-state index is 12.6. The molecule has 0 aromatic carbocycles. The van der Waals surface area contributed by atoms with E-state index in [1.807, 2.05) is 6.92 Å². The standard InChI is InChI=1S/C35H54O8/c1-17(2)26-20-14-18(3)27-31(6)12-13-34-16-33(34)11-10-23(41-28-25(38)24(37)19(36)15-40-28)30(4,5)21(33)8-9-22(34)32(31,7)29(39)35(27,42-20)43-26/h18-29,36-39H,1,8-16H2,2-7H3/t18?,19-,20?,21?,22?,23+,24-,25-,26?,27?,28+,29?,31-,32?,33-,34+,35?/m1/s1. The molecule has 8 heteroatoms. The Labute approximate surface area is 256 Å². The normalized spacial score (nSPS) is 62.8. The number of aliphatic hydroxyl groups is 4. The van der Waals surface area contributed by atoms with Gasteiger partial charge >= 0.3 is 0 Å². The van der Waals surface area contributed by atoms with Crippen LogP contribution in [0.1, 0.15) is 92.9 Å². The zero-order valence-electron chi connectivity index (χ0n) is 26.9. The van der Waals surface area contributed by atoms with Crippen LogP contribution in [0.2, 0.25) is 0 Å². The van der Waals surface area contributed by atoms with Gasteiger partial charge in [0, 0.05) is 11.3 Å². The molecule has 3 saturated heterocycles. The monoisotopic (exact) mass is 602 g/mol. The molecule has 5 saturated carbocycles. The lowest BCUT2D eigenvalue weighted by Crippen LogP contribution is -2.61. The highest BCUT2D eigenvalue weighted by molar-refractivity contribution is 5.34. The first-order valence-corrected chi connectivity index (χ1v) is 17.1. The minimum absolute atomic E-state index is 0.0326. The molecule has 0 aromatic rings. The number of aliphatic hydroxyl groups excluding tert-OH is 4. The summed E-state index contributed by atoms with van der Waals surface area (Å²) < 4.78 is 25.9. The molecule has 17 atom stereocenters. The molecule has 8 fully saturated rings. The number of rotatable bonds is 3. The molecule has 9 unspecified atom stereocenters. The first kappa shape index (κ1) is 29.8. The van der Waals surface area contributed by atoms with Gasteiger partial charge in [0.2, 0.25) is 0 Å². The number of hydrogen-bond acceptors (Lipinski definition) is 8. The van der Waals surface area contributed by atoms with Gasteiger partial charge in [-0.3, -0.25) is 0 Å². The molecule has 0 amide bonds. The van der Waals surface area contributed by atoms with Gasteiger partial charge in [0.05, 0.1) is 18.8 Å². The average molecular weight is 603 g/mol. The van der Waals surface area contributed by atoms with E-state index in [1.165, 1.54) is 12.8 Å². The van der Waals surface area contributed by atoms with Crippen LogP contribution in [0.3, 0.4) is 0 Å². The molecule has 5 aliphatic carbocycles. The summed E-state index contributed by atoms with van der Waals surface area (Å²) in [7, 11) is 0. The van der Waals surface area contributed by atoms with Crippen molar-refractivity contribution in [2.45, 2.75) is 148 Å². The van der Waals surface area contributed by atoms with Crippen molar-refractivity contribution in [1.82, 2.24) is 0 Å². The van der Waals surface area contributed by atoms with E-state index in [0.717, 1.165) is 44.1 Å². The van der Waals surface area contributed by atoms with Gasteiger partial charge in [0.25, 0.3) is 0 Å². The Morgan fingerprint density at radius 1 is 0.884 bits per heavy atom. The third-order valence-electron chi connectivity index (χ3n) is 15.7. The second-order valence-electron chi connectivity index (χ2n) is 17.5. The van der Waals surface area contributed by atoms with Crippen LogP contribution < -0.4 is 0 Å². The molecule has 0 radical (unpaired) electrons. The summed E-state index contributed by atoms with van der Waals surface area (Å²) in [5.74, 6) is 0.477. The molecule has 3 aliphatic heterocycles. The van der Waals surface area contributed by atoms with Crippen molar-refractivity contribution in [2.75, 3.05) is 6.61 Å². The zero-order chi connectivity index (χ0) is 30.7. The fraction of sp³-hybridized carbons (Fsp3) is 0.943. The van der Waals surface area contributed by atoms with Gasteiger partial charge in [-0.2, -0.15) is 0 Å². The molecule has 0 aromatic heterocycles. The summed E-state index contributed by atoms with van der Waals surface area (Å²) in [6, 6.07) is 0. The first-order valence-electron chi connectivity index (χ1n) is 17.1. The molecule has 8 aliphatic rings. The van der Waals surface area contributed by atoms with Crippen molar-refractivity contribution in [3.63, 3.8) is 0 Å². The quantitative estimate of drug-likeness (QED) is 0.284. The summed E-state index contributed by atoms with van der Waals surface area (Å²) in [4.78, 5) is 0. The lowest BCUT2D eigenvalue weighted by molar-refractivity contribution is -0.303. The molecule has 2 bridgehead atoms. The van der Waals surface area contributed by atoms with Gasteiger partial charge in [-0.05, 0) is 103 Å². The zero-order valence-corrected chi connectivity index (χ0v) is 26.9. The van der Waals surface area contributed by atoms with E-state index in [4.69, 9.17) is 18.9 Å². The van der Waals surface area contributed by atoms with E-state index in [0.29, 0.717) is 17.8 Å². The molecule has 4 N–H and O–H groups in total. The topological polar surface area (TPSA) is 118 Å². The Morgan fingerprint density at radius 3 is 2.30 bits per heavy atom. The minimum Gasteiger partial charge on any atom is -0.388 e. The Kier molecular flexibility index (Phi) is 6.14. The predicted molar refractivity (Wildman–Crippen MR) is 157 cm³/mol. The first-order chi connectivity index (χ1) is 20.1. The van der Waals surface area contributed by atoms with Crippen LogP contribution in [0.4, 0.5) is 0 Å². The third kappa shape index (κ3) is 3.26. The van der Waals surface area contributed by atoms with E-state index < -0.39 is 36.5 Å². The fourth-order valence-electron chi connectivity index (χ4n) is 13.8. The number of ether oxygens (including phenoxy) is 4. The van der Waals surface area contributed by atoms with Crippen LogP contribution in [-0.4, -0.2) is 81.8 Å². The Bertz CT molecular complexity index is 1210. The van der Waals surface area contributed by atoms with Crippen molar-refractivity contribution >= 4 is 0 Å². The van der Waals surface area contributed by atoms with Crippen LogP contribution in [0.5, 0.6) is 0 Å². The molecule has 8 nitrogen and oxygen atoms in total. The van der Waals surface area contributed by atoms with E-state index in [1.54, 1.807) is 0 Å². The summed E-state index contributed by atoms with van der Waals surface area (Å²) in [6.45, 7) is 18.1. The average Bonchev–Trinajstić information content (AvgIpc) is 3.46. The van der Waals surface area contributed by atoms with Crippen LogP contribution >= 0.6 is 0 Å². The van der Waals surface area contributed by atoms with E-state index >= 15 is 0 Å². The van der Waals surface area contributed by atoms with E-state index in [-0.39, 0.29) is 57.9 Å². The fourth-order valence-corrected chi connectivity index (χ4v) is 13.8. The van der Waals surface area contributed by atoms with Crippen molar-refractivity contribution in [3.8, 4) is 0 Å². The molecule has 3 spiro atoms. The maximum Gasteiger partial charge on any atom is 0.199 e. The number of hydrogen-bond donors (Lipinski definition) is 4. The van der Waals surface area contributed by atoms with E-state index in [9.17, 15) is 20.4 Å².